The molecule has 0 unspecified atom stereocenters. The van der Waals surface area contributed by atoms with E-state index in [2.05, 4.69) is 4.84 Å². The topological polar surface area (TPSA) is 35.2 Å². The summed E-state index contributed by atoms with van der Waals surface area (Å²) in [5.74, 6) is 5.73. The first kappa shape index (κ1) is 9.86. The number of benzene rings is 1. The third-order valence-corrected chi connectivity index (χ3v) is 2.46. The van der Waals surface area contributed by atoms with Gasteiger partial charge in [-0.3, -0.25) is 0 Å². The van der Waals surface area contributed by atoms with E-state index in [9.17, 15) is 0 Å². The van der Waals surface area contributed by atoms with Crippen LogP contribution in [0.5, 0.6) is 0 Å². The minimum atomic E-state index is 0.553. The maximum atomic E-state index is 5.79. The molecule has 0 bridgehead atoms. The summed E-state index contributed by atoms with van der Waals surface area (Å²) < 4.78 is 0. The summed E-state index contributed by atoms with van der Waals surface area (Å²) in [6.45, 7) is 0.553. The van der Waals surface area contributed by atoms with Crippen LogP contribution in [0.15, 0.2) is 29.2 Å². The normalized spacial score (nSPS) is 10.2. The standard InChI is InChI=1S/C8H10ClNOS/c9-7-2-1-3-8(6-7)12-5-4-11-10/h1-3,6H,4-5,10H2. The summed E-state index contributed by atoms with van der Waals surface area (Å²) in [6, 6.07) is 7.70. The summed E-state index contributed by atoms with van der Waals surface area (Å²) in [6.07, 6.45) is 0. The Morgan fingerprint density at radius 3 is 3.00 bits per heavy atom. The Morgan fingerprint density at radius 1 is 1.50 bits per heavy atom. The Balaban J connectivity index is 2.41. The average Bonchev–Trinajstić information content (AvgIpc) is 2.05. The molecular weight excluding hydrogens is 194 g/mol. The fraction of sp³-hybridized carbons (Fsp3) is 0.250. The van der Waals surface area contributed by atoms with Gasteiger partial charge in [-0.15, -0.1) is 11.8 Å². The molecule has 0 atom stereocenters. The van der Waals surface area contributed by atoms with Crippen molar-refractivity contribution in [1.82, 2.24) is 0 Å². The molecule has 1 aromatic rings. The van der Waals surface area contributed by atoms with Crippen LogP contribution in [0.1, 0.15) is 0 Å². The van der Waals surface area contributed by atoms with Gasteiger partial charge in [0.15, 0.2) is 0 Å². The van der Waals surface area contributed by atoms with Crippen molar-refractivity contribution < 1.29 is 4.84 Å². The van der Waals surface area contributed by atoms with Crippen LogP contribution >= 0.6 is 23.4 Å². The highest BCUT2D eigenvalue weighted by atomic mass is 35.5. The van der Waals surface area contributed by atoms with Gasteiger partial charge in [0.05, 0.1) is 6.61 Å². The van der Waals surface area contributed by atoms with Gasteiger partial charge in [-0.25, -0.2) is 5.90 Å². The minimum Gasteiger partial charge on any atom is -0.304 e. The lowest BCUT2D eigenvalue weighted by Gasteiger charge is -1.99. The van der Waals surface area contributed by atoms with Crippen molar-refractivity contribution in [3.63, 3.8) is 0 Å². The molecule has 0 fully saturated rings. The Hall–Kier alpha value is -0.220. The second-order valence-corrected chi connectivity index (χ2v) is 3.78. The van der Waals surface area contributed by atoms with Gasteiger partial charge in [-0.05, 0) is 18.2 Å². The molecular formula is C8H10ClNOS. The molecule has 0 spiro atoms. The lowest BCUT2D eigenvalue weighted by atomic mass is 10.4. The highest BCUT2D eigenvalue weighted by Gasteiger charge is 1.93. The fourth-order valence-corrected chi connectivity index (χ4v) is 1.82. The largest absolute Gasteiger partial charge is 0.304 e. The third-order valence-electron chi connectivity index (χ3n) is 1.27. The maximum Gasteiger partial charge on any atom is 0.0773 e. The summed E-state index contributed by atoms with van der Waals surface area (Å²) in [7, 11) is 0. The second-order valence-electron chi connectivity index (χ2n) is 2.18. The monoisotopic (exact) mass is 203 g/mol. The second kappa shape index (κ2) is 5.43. The van der Waals surface area contributed by atoms with E-state index in [-0.39, 0.29) is 0 Å². The number of rotatable bonds is 4. The molecule has 12 heavy (non-hydrogen) atoms. The predicted molar refractivity (Wildman–Crippen MR) is 52.3 cm³/mol. The molecule has 66 valence electrons. The smallest absolute Gasteiger partial charge is 0.0773 e. The molecule has 4 heteroatoms. The highest BCUT2D eigenvalue weighted by Crippen LogP contribution is 2.20. The van der Waals surface area contributed by atoms with Crippen molar-refractivity contribution in [3.8, 4) is 0 Å². The van der Waals surface area contributed by atoms with E-state index in [1.165, 1.54) is 0 Å². The maximum absolute atomic E-state index is 5.79. The zero-order valence-electron chi connectivity index (χ0n) is 6.50. The predicted octanol–water partition coefficient (Wildman–Crippen LogP) is 2.32. The molecule has 1 aromatic carbocycles. The number of nitrogens with two attached hydrogens (primary N) is 1. The molecule has 0 aliphatic carbocycles. The van der Waals surface area contributed by atoms with E-state index in [4.69, 9.17) is 17.5 Å². The number of hydrogen-bond acceptors (Lipinski definition) is 3. The van der Waals surface area contributed by atoms with Gasteiger partial charge in [0.25, 0.3) is 0 Å². The Bertz CT molecular complexity index is 244. The molecule has 1 rings (SSSR count). The number of halogens is 1. The van der Waals surface area contributed by atoms with Crippen molar-refractivity contribution in [2.24, 2.45) is 5.90 Å². The van der Waals surface area contributed by atoms with Crippen LogP contribution in [0, 0.1) is 0 Å². The van der Waals surface area contributed by atoms with Gasteiger partial charge in [0.1, 0.15) is 0 Å². The van der Waals surface area contributed by atoms with Crippen LogP contribution in [-0.4, -0.2) is 12.4 Å². The first-order valence-electron chi connectivity index (χ1n) is 3.53. The molecule has 0 radical (unpaired) electrons. The average molecular weight is 204 g/mol. The van der Waals surface area contributed by atoms with E-state index in [0.29, 0.717) is 6.61 Å². The van der Waals surface area contributed by atoms with Crippen LogP contribution < -0.4 is 5.90 Å². The molecule has 0 aliphatic rings. The molecule has 0 saturated heterocycles. The van der Waals surface area contributed by atoms with E-state index in [1.54, 1.807) is 11.8 Å². The Morgan fingerprint density at radius 2 is 2.33 bits per heavy atom. The summed E-state index contributed by atoms with van der Waals surface area (Å²) >= 11 is 7.46. The van der Waals surface area contributed by atoms with Gasteiger partial charge in [-0.2, -0.15) is 0 Å². The van der Waals surface area contributed by atoms with Gasteiger partial charge in [0.2, 0.25) is 0 Å². The van der Waals surface area contributed by atoms with Crippen molar-refractivity contribution in [1.29, 1.82) is 0 Å². The van der Waals surface area contributed by atoms with Crippen molar-refractivity contribution in [3.05, 3.63) is 29.3 Å². The lowest BCUT2D eigenvalue weighted by molar-refractivity contribution is 0.155. The zero-order valence-corrected chi connectivity index (χ0v) is 8.07. The molecule has 0 heterocycles. The highest BCUT2D eigenvalue weighted by molar-refractivity contribution is 7.99. The van der Waals surface area contributed by atoms with Crippen LogP contribution in [0.2, 0.25) is 5.02 Å². The van der Waals surface area contributed by atoms with Crippen LogP contribution in [0.3, 0.4) is 0 Å². The molecule has 0 aromatic heterocycles. The van der Waals surface area contributed by atoms with Gasteiger partial charge >= 0.3 is 0 Å². The molecule has 2 nitrogen and oxygen atoms in total. The van der Waals surface area contributed by atoms with E-state index in [0.717, 1.165) is 15.7 Å². The Labute approximate surface area is 81.0 Å². The lowest BCUT2D eigenvalue weighted by Crippen LogP contribution is -2.02. The molecule has 0 saturated carbocycles. The summed E-state index contributed by atoms with van der Waals surface area (Å²) in [4.78, 5) is 5.58. The van der Waals surface area contributed by atoms with Gasteiger partial charge in [-0.1, -0.05) is 17.7 Å². The zero-order chi connectivity index (χ0) is 8.81. The first-order chi connectivity index (χ1) is 5.83. The molecule has 0 amide bonds. The van der Waals surface area contributed by atoms with Gasteiger partial charge in [0, 0.05) is 15.7 Å². The third kappa shape index (κ3) is 3.45. The summed E-state index contributed by atoms with van der Waals surface area (Å²) in [5, 5.41) is 0.758. The van der Waals surface area contributed by atoms with E-state index < -0.39 is 0 Å². The Kier molecular flexibility index (Phi) is 4.46. The first-order valence-corrected chi connectivity index (χ1v) is 4.89. The van der Waals surface area contributed by atoms with E-state index in [1.807, 2.05) is 24.3 Å². The quantitative estimate of drug-likeness (QED) is 0.464. The number of thioether (sulfide) groups is 1. The van der Waals surface area contributed by atoms with Crippen LogP contribution in [0.4, 0.5) is 0 Å². The molecule has 2 N–H and O–H groups in total. The fourth-order valence-electron chi connectivity index (χ4n) is 0.764. The molecule has 0 aliphatic heterocycles. The van der Waals surface area contributed by atoms with Crippen LogP contribution in [-0.2, 0) is 4.84 Å². The SMILES string of the molecule is NOCCSc1cccc(Cl)c1. The van der Waals surface area contributed by atoms with Crippen molar-refractivity contribution >= 4 is 23.4 Å². The van der Waals surface area contributed by atoms with Gasteiger partial charge < -0.3 is 4.84 Å². The van der Waals surface area contributed by atoms with Crippen molar-refractivity contribution in [2.45, 2.75) is 4.90 Å². The van der Waals surface area contributed by atoms with E-state index >= 15 is 0 Å². The number of hydrogen-bond donors (Lipinski definition) is 1. The minimum absolute atomic E-state index is 0.553. The van der Waals surface area contributed by atoms with Crippen molar-refractivity contribution in [2.75, 3.05) is 12.4 Å². The van der Waals surface area contributed by atoms with Crippen LogP contribution in [0.25, 0.3) is 0 Å². The summed E-state index contributed by atoms with van der Waals surface area (Å²) in [5.41, 5.74) is 0.